The Morgan fingerprint density at radius 1 is 1.05 bits per heavy atom. The molecule has 8 nitrogen and oxygen atoms in total. The van der Waals surface area contributed by atoms with Gasteiger partial charge >= 0.3 is 0 Å². The van der Waals surface area contributed by atoms with E-state index in [1.165, 1.54) is 42.5 Å². The molecule has 2 aromatic rings. The Morgan fingerprint density at radius 3 is 2.40 bits per heavy atom. The monoisotopic (exact) mass is 613 g/mol. The molecule has 11 heteroatoms. The summed E-state index contributed by atoms with van der Waals surface area (Å²) in [7, 11) is -4.01. The van der Waals surface area contributed by atoms with Gasteiger partial charge in [-0.25, -0.2) is 13.9 Å². The minimum absolute atomic E-state index is 0. The first-order chi connectivity index (χ1) is 18.4. The third-order valence-electron chi connectivity index (χ3n) is 8.38. The van der Waals surface area contributed by atoms with E-state index in [2.05, 4.69) is 34.5 Å². The van der Waals surface area contributed by atoms with Crippen LogP contribution in [0, 0.1) is 0 Å². The summed E-state index contributed by atoms with van der Waals surface area (Å²) in [5.74, 6) is -0.259. The number of amides is 1. The molecule has 2 heterocycles. The van der Waals surface area contributed by atoms with Crippen molar-refractivity contribution in [3.63, 3.8) is 0 Å². The number of ether oxygens (including phenoxy) is 1. The lowest BCUT2D eigenvalue weighted by atomic mass is 9.94. The maximum atomic E-state index is 13.6. The molecule has 0 bridgehead atoms. The smallest absolute Gasteiger partial charge is 0.265 e. The molecule has 1 amide bonds. The number of carbonyl (C=O) groups is 1. The quantitative estimate of drug-likeness (QED) is 0.204. The number of hydrogen-bond donors (Lipinski definition) is 3. The van der Waals surface area contributed by atoms with Crippen LogP contribution in [-0.2, 0) is 21.1 Å². The topological polar surface area (TPSA) is 108 Å². The number of piperidine rings is 2. The average molecular weight is 615 g/mol. The summed E-state index contributed by atoms with van der Waals surface area (Å²) in [6.07, 6.45) is 8.02. The second-order valence-corrected chi connectivity index (χ2v) is 13.1. The largest absolute Gasteiger partial charge is 0.494 e. The van der Waals surface area contributed by atoms with Gasteiger partial charge in [-0.05, 0) is 93.3 Å². The molecule has 0 spiro atoms. The number of carbonyl (C=O) groups excluding carboxylic acids is 1. The summed E-state index contributed by atoms with van der Waals surface area (Å²) in [4.78, 5) is 15.0. The molecule has 2 aliphatic heterocycles. The van der Waals surface area contributed by atoms with E-state index >= 15 is 0 Å². The van der Waals surface area contributed by atoms with Crippen molar-refractivity contribution in [1.29, 1.82) is 0 Å². The highest BCUT2D eigenvalue weighted by molar-refractivity contribution is 7.93. The molecule has 3 N–H and O–H groups in total. The molecule has 1 aliphatic carbocycles. The van der Waals surface area contributed by atoms with Gasteiger partial charge in [0.25, 0.3) is 5.91 Å². The fourth-order valence-corrected chi connectivity index (χ4v) is 7.87. The Morgan fingerprint density at radius 2 is 1.77 bits per heavy atom. The van der Waals surface area contributed by atoms with Gasteiger partial charge in [0.1, 0.15) is 5.75 Å². The van der Waals surface area contributed by atoms with Crippen LogP contribution in [-0.4, -0.2) is 61.5 Å². The van der Waals surface area contributed by atoms with Gasteiger partial charge in [0.05, 0.1) is 11.5 Å². The molecule has 2 aromatic carbocycles. The highest BCUT2D eigenvalue weighted by Gasteiger charge is 2.54. The summed E-state index contributed by atoms with van der Waals surface area (Å²) in [5, 5.41) is 13.0. The molecule has 222 valence electrons. The Labute approximate surface area is 249 Å². The normalized spacial score (nSPS) is 21.0. The minimum Gasteiger partial charge on any atom is -0.494 e. The van der Waals surface area contributed by atoms with Gasteiger partial charge < -0.3 is 15.0 Å². The van der Waals surface area contributed by atoms with Gasteiger partial charge in [-0.3, -0.25) is 10.0 Å². The molecular weight excluding hydrogens is 573 g/mol. The van der Waals surface area contributed by atoms with Crippen molar-refractivity contribution in [2.75, 3.05) is 26.2 Å². The van der Waals surface area contributed by atoms with Gasteiger partial charge in [0.2, 0.25) is 0 Å². The van der Waals surface area contributed by atoms with E-state index in [1.54, 1.807) is 17.6 Å². The van der Waals surface area contributed by atoms with Gasteiger partial charge in [-0.15, -0.1) is 24.8 Å². The van der Waals surface area contributed by atoms with Crippen LogP contribution in [0.5, 0.6) is 5.75 Å². The van der Waals surface area contributed by atoms with Crippen LogP contribution in [0.2, 0.25) is 0 Å². The number of halogens is 2. The van der Waals surface area contributed by atoms with Crippen LogP contribution in [0.4, 0.5) is 0 Å². The lowest BCUT2D eigenvalue weighted by Crippen LogP contribution is -2.58. The van der Waals surface area contributed by atoms with Crippen LogP contribution in [0.25, 0.3) is 0 Å². The predicted octanol–water partition coefficient (Wildman–Crippen LogP) is 4.63. The van der Waals surface area contributed by atoms with Crippen LogP contribution >= 0.6 is 24.8 Å². The Kier molecular flexibility index (Phi) is 11.7. The molecule has 0 aromatic heterocycles. The molecule has 3 fully saturated rings. The molecular formula is C29H41Cl2N3O5S. The number of nitrogens with one attached hydrogen (secondary N) is 2. The molecule has 3 aliphatic rings. The van der Waals surface area contributed by atoms with Crippen molar-refractivity contribution in [2.24, 2.45) is 0 Å². The number of likely N-dealkylation sites (tertiary alicyclic amines) is 1. The van der Waals surface area contributed by atoms with E-state index in [4.69, 9.17) is 4.74 Å². The molecule has 1 unspecified atom stereocenters. The van der Waals surface area contributed by atoms with Crippen molar-refractivity contribution >= 4 is 40.6 Å². The van der Waals surface area contributed by atoms with Gasteiger partial charge in [-0.2, -0.15) is 0 Å². The number of nitrogens with zero attached hydrogens (tertiary/aromatic N) is 1. The summed E-state index contributed by atoms with van der Waals surface area (Å²) in [6.45, 7) is 2.65. The first kappa shape index (κ1) is 32.6. The van der Waals surface area contributed by atoms with Crippen LogP contribution < -0.4 is 15.5 Å². The van der Waals surface area contributed by atoms with Crippen molar-refractivity contribution in [1.82, 2.24) is 15.7 Å². The van der Waals surface area contributed by atoms with Crippen molar-refractivity contribution in [3.8, 4) is 5.75 Å². The number of hydrogen-bond acceptors (Lipinski definition) is 7. The SMILES string of the molecule is Cl.Cl.O=C(NO)C1(S(=O)(=O)c2ccc(OCCCc3cccc(C4CCCCN4)c3)cc2)CCN(C2CC2)CC1. The fraction of sp³-hybridized carbons (Fsp3) is 0.552. The minimum atomic E-state index is -4.01. The Balaban J connectivity index is 0.00000220. The predicted molar refractivity (Wildman–Crippen MR) is 159 cm³/mol. The van der Waals surface area contributed by atoms with Crippen LogP contribution in [0.15, 0.2) is 53.4 Å². The van der Waals surface area contributed by atoms with Crippen LogP contribution in [0.3, 0.4) is 0 Å². The van der Waals surface area contributed by atoms with Gasteiger partial charge in [-0.1, -0.05) is 30.7 Å². The molecule has 0 radical (unpaired) electrons. The van der Waals surface area contributed by atoms with E-state index < -0.39 is 20.5 Å². The van der Waals surface area contributed by atoms with Crippen molar-refractivity contribution in [2.45, 2.75) is 79.5 Å². The summed E-state index contributed by atoms with van der Waals surface area (Å²) >= 11 is 0. The summed E-state index contributed by atoms with van der Waals surface area (Å²) < 4.78 is 31.5. The van der Waals surface area contributed by atoms with Crippen LogP contribution in [0.1, 0.15) is 68.5 Å². The highest BCUT2D eigenvalue weighted by atomic mass is 35.5. The van der Waals surface area contributed by atoms with E-state index in [-0.39, 0.29) is 42.6 Å². The van der Waals surface area contributed by atoms with Crippen molar-refractivity contribution < 1.29 is 23.2 Å². The number of hydroxylamine groups is 1. The van der Waals surface area contributed by atoms with E-state index in [1.807, 2.05) is 0 Å². The van der Waals surface area contributed by atoms with E-state index in [9.17, 15) is 18.4 Å². The summed E-state index contributed by atoms with van der Waals surface area (Å²) in [5.41, 5.74) is 4.27. The molecule has 1 saturated carbocycles. The Bertz CT molecular complexity index is 1210. The molecule has 5 rings (SSSR count). The molecule has 1 atom stereocenters. The number of benzene rings is 2. The average Bonchev–Trinajstić information content (AvgIpc) is 3.81. The number of rotatable bonds is 10. The van der Waals surface area contributed by atoms with E-state index in [0.29, 0.717) is 37.5 Å². The number of aryl methyl sites for hydroxylation is 1. The molecule has 40 heavy (non-hydrogen) atoms. The maximum absolute atomic E-state index is 13.6. The highest BCUT2D eigenvalue weighted by Crippen LogP contribution is 2.39. The number of sulfone groups is 1. The third kappa shape index (κ3) is 7.12. The van der Waals surface area contributed by atoms with Crippen molar-refractivity contribution in [3.05, 3.63) is 59.7 Å². The lowest BCUT2D eigenvalue weighted by Gasteiger charge is -2.39. The van der Waals surface area contributed by atoms with E-state index in [0.717, 1.165) is 32.2 Å². The zero-order valence-electron chi connectivity index (χ0n) is 22.7. The van der Waals surface area contributed by atoms with Gasteiger partial charge in [0, 0.05) is 25.2 Å². The standard InChI is InChI=1S/C29H39N3O5S.2ClH/c33-28(31-34)29(15-18-32(19-16-29)24-9-10-24)38(35,36)26-13-11-25(12-14-26)37-20-4-6-22-5-3-7-23(21-22)27-8-1-2-17-30-27;;/h3,5,7,11-14,21,24,27,30,34H,1-2,4,6,8-10,15-20H2,(H,31,33);2*1H. The first-order valence-electron chi connectivity index (χ1n) is 13.9. The zero-order valence-corrected chi connectivity index (χ0v) is 25.2. The fourth-order valence-electron chi connectivity index (χ4n) is 5.92. The molecule has 2 saturated heterocycles. The second-order valence-electron chi connectivity index (χ2n) is 10.9. The first-order valence-corrected chi connectivity index (χ1v) is 15.4. The Hall–Kier alpha value is -1.88. The zero-order chi connectivity index (χ0) is 26.6. The van der Waals surface area contributed by atoms with Gasteiger partial charge in [0.15, 0.2) is 14.6 Å². The lowest BCUT2D eigenvalue weighted by molar-refractivity contribution is -0.133. The third-order valence-corrected chi connectivity index (χ3v) is 10.9. The maximum Gasteiger partial charge on any atom is 0.265 e. The second kappa shape index (κ2) is 14.3. The summed E-state index contributed by atoms with van der Waals surface area (Å²) in [6, 6.07) is 16.0.